The molecule has 1 N–H and O–H groups in total. The second-order valence-corrected chi connectivity index (χ2v) is 1.52. The zero-order chi connectivity index (χ0) is 5.82. The fourth-order valence-corrected chi connectivity index (χ4v) is 0.492. The van der Waals surface area contributed by atoms with E-state index in [0.29, 0.717) is 0 Å². The van der Waals surface area contributed by atoms with Gasteiger partial charge in [-0.1, -0.05) is 14.5 Å². The first-order valence-corrected chi connectivity index (χ1v) is 2.43. The summed E-state index contributed by atoms with van der Waals surface area (Å²) < 4.78 is 0. The van der Waals surface area contributed by atoms with Gasteiger partial charge in [0.15, 0.2) is 0 Å². The number of pyridine rings is 1. The van der Waals surface area contributed by atoms with Crippen LogP contribution in [-0.2, 0) is 6.61 Å². The molecular formula is C6H11BNNaO. The minimum Gasteiger partial charge on any atom is -0.392 e. The molecule has 0 bridgehead atoms. The molecule has 0 fully saturated rings. The summed E-state index contributed by atoms with van der Waals surface area (Å²) in [7, 11) is 0. The molecule has 50 valence electrons. The molecule has 0 atom stereocenters. The molecular weight excluding hydrogens is 136 g/mol. The van der Waals surface area contributed by atoms with Gasteiger partial charge in [-0.15, -0.1) is 0 Å². The Kier molecular flexibility index (Phi) is 9.34. The molecule has 0 saturated heterocycles. The van der Waals surface area contributed by atoms with Gasteiger partial charge in [-0.25, -0.2) is 0 Å². The first-order valence-electron chi connectivity index (χ1n) is 2.43. The third-order valence-corrected chi connectivity index (χ3v) is 0.905. The summed E-state index contributed by atoms with van der Waals surface area (Å²) >= 11 is 0. The summed E-state index contributed by atoms with van der Waals surface area (Å²) in [5.41, 5.74) is 0.854. The van der Waals surface area contributed by atoms with Gasteiger partial charge < -0.3 is 5.11 Å². The van der Waals surface area contributed by atoms with Crippen LogP contribution in [0.3, 0.4) is 0 Å². The molecule has 0 aliphatic rings. The van der Waals surface area contributed by atoms with Gasteiger partial charge >= 0.3 is 29.6 Å². The van der Waals surface area contributed by atoms with E-state index in [-0.39, 0.29) is 44.6 Å². The number of hydrogen-bond donors (Lipinski definition) is 1. The van der Waals surface area contributed by atoms with Gasteiger partial charge in [0.25, 0.3) is 0 Å². The van der Waals surface area contributed by atoms with Crippen LogP contribution in [0.5, 0.6) is 0 Å². The van der Waals surface area contributed by atoms with Crippen molar-refractivity contribution in [2.45, 2.75) is 6.61 Å². The molecule has 0 amide bonds. The van der Waals surface area contributed by atoms with E-state index in [1.165, 1.54) is 0 Å². The van der Waals surface area contributed by atoms with Gasteiger partial charge in [-0.3, -0.25) is 4.98 Å². The molecule has 0 aliphatic heterocycles. The van der Waals surface area contributed by atoms with Gasteiger partial charge in [-0.05, 0) is 11.6 Å². The van der Waals surface area contributed by atoms with E-state index in [2.05, 4.69) is 4.98 Å². The molecule has 4 heteroatoms. The van der Waals surface area contributed by atoms with Crippen molar-refractivity contribution in [2.75, 3.05) is 0 Å². The minimum atomic E-state index is 0. The monoisotopic (exact) mass is 147 g/mol. The second kappa shape index (κ2) is 7.28. The molecule has 0 aliphatic carbocycles. The third-order valence-electron chi connectivity index (χ3n) is 0.905. The van der Waals surface area contributed by atoms with Crippen LogP contribution in [-0.4, -0.2) is 18.5 Å². The smallest absolute Gasteiger partial charge is 0.392 e. The molecule has 0 aromatic carbocycles. The van der Waals surface area contributed by atoms with Crippen molar-refractivity contribution < 1.29 is 34.7 Å². The van der Waals surface area contributed by atoms with E-state index in [4.69, 9.17) is 5.11 Å². The molecule has 1 heterocycles. The van der Waals surface area contributed by atoms with Gasteiger partial charge in [0.05, 0.1) is 6.61 Å². The molecule has 2 nitrogen and oxygen atoms in total. The molecule has 10 heavy (non-hydrogen) atoms. The van der Waals surface area contributed by atoms with Crippen molar-refractivity contribution in [3.63, 3.8) is 0 Å². The summed E-state index contributed by atoms with van der Waals surface area (Å²) in [4.78, 5) is 3.80. The minimum absolute atomic E-state index is 0. The summed E-state index contributed by atoms with van der Waals surface area (Å²) in [6.45, 7) is 0.0772. The number of aliphatic hydroxyl groups excluding tert-OH is 1. The first kappa shape index (κ1) is 12.8. The van der Waals surface area contributed by atoms with Crippen LogP contribution < -0.4 is 29.6 Å². The zero-order valence-electron chi connectivity index (χ0n) is 5.41. The molecule has 1 rings (SSSR count). The predicted octanol–water partition coefficient (Wildman–Crippen LogP) is -3.87. The van der Waals surface area contributed by atoms with E-state index < -0.39 is 0 Å². The van der Waals surface area contributed by atoms with E-state index in [1.807, 2.05) is 6.07 Å². The average molecular weight is 147 g/mol. The number of aromatic nitrogens is 1. The van der Waals surface area contributed by atoms with Gasteiger partial charge in [0, 0.05) is 12.4 Å². The standard InChI is InChI=1S/C6H7NO.BH4.Na/c8-5-6-2-1-3-7-4-6;;/h1-4,8H,5H2;1H4;/q;-1;+1. The Labute approximate surface area is 84.5 Å². The van der Waals surface area contributed by atoms with Crippen molar-refractivity contribution in [2.24, 2.45) is 0 Å². The van der Waals surface area contributed by atoms with Crippen LogP contribution in [0.2, 0.25) is 0 Å². The maximum absolute atomic E-state index is 8.50. The van der Waals surface area contributed by atoms with Gasteiger partial charge in [0.1, 0.15) is 0 Å². The van der Waals surface area contributed by atoms with E-state index in [9.17, 15) is 0 Å². The third kappa shape index (κ3) is 4.06. The maximum Gasteiger partial charge on any atom is 1.00 e. The average Bonchev–Trinajstić information content (AvgIpc) is 1.90. The van der Waals surface area contributed by atoms with Crippen LogP contribution in [0.25, 0.3) is 0 Å². The molecule has 0 unspecified atom stereocenters. The van der Waals surface area contributed by atoms with Crippen molar-refractivity contribution in [3.05, 3.63) is 30.1 Å². The Hall–Kier alpha value is 0.175. The Balaban J connectivity index is 0. The molecule has 0 saturated carbocycles. The zero-order valence-corrected chi connectivity index (χ0v) is 7.41. The van der Waals surface area contributed by atoms with Crippen LogP contribution in [0.15, 0.2) is 24.5 Å². The summed E-state index contributed by atoms with van der Waals surface area (Å²) in [5.74, 6) is 0. The molecule has 0 spiro atoms. The van der Waals surface area contributed by atoms with Crippen LogP contribution >= 0.6 is 0 Å². The fourth-order valence-electron chi connectivity index (χ4n) is 0.492. The predicted molar refractivity (Wildman–Crippen MR) is 41.5 cm³/mol. The topological polar surface area (TPSA) is 33.1 Å². The number of rotatable bonds is 1. The Morgan fingerprint density at radius 3 is 2.50 bits per heavy atom. The summed E-state index contributed by atoms with van der Waals surface area (Å²) in [5, 5.41) is 8.50. The van der Waals surface area contributed by atoms with E-state index in [0.717, 1.165) is 5.56 Å². The molecule has 0 radical (unpaired) electrons. The fraction of sp³-hybridized carbons (Fsp3) is 0.167. The first-order chi connectivity index (χ1) is 3.93. The quantitative estimate of drug-likeness (QED) is 0.412. The largest absolute Gasteiger partial charge is 1.00 e. The summed E-state index contributed by atoms with van der Waals surface area (Å²) in [6.07, 6.45) is 3.32. The van der Waals surface area contributed by atoms with Crippen molar-refractivity contribution in [1.82, 2.24) is 4.98 Å². The van der Waals surface area contributed by atoms with Crippen molar-refractivity contribution in [1.29, 1.82) is 0 Å². The SMILES string of the molecule is OCc1cccnc1.[BH4-].[Na+]. The van der Waals surface area contributed by atoms with Crippen LogP contribution in [0.4, 0.5) is 0 Å². The van der Waals surface area contributed by atoms with Gasteiger partial charge in [0.2, 0.25) is 0 Å². The summed E-state index contributed by atoms with van der Waals surface area (Å²) in [6, 6.07) is 3.62. The number of nitrogens with zero attached hydrogens (tertiary/aromatic N) is 1. The van der Waals surface area contributed by atoms with E-state index in [1.54, 1.807) is 18.5 Å². The van der Waals surface area contributed by atoms with Gasteiger partial charge in [-0.2, -0.15) is 0 Å². The normalized spacial score (nSPS) is 7.30. The second-order valence-electron chi connectivity index (χ2n) is 1.52. The number of aliphatic hydroxyl groups is 1. The Bertz CT molecular complexity index is 159. The Morgan fingerprint density at radius 2 is 2.20 bits per heavy atom. The Morgan fingerprint density at radius 1 is 1.50 bits per heavy atom. The van der Waals surface area contributed by atoms with Crippen LogP contribution in [0, 0.1) is 0 Å². The number of hydrogen-bond acceptors (Lipinski definition) is 2. The van der Waals surface area contributed by atoms with E-state index >= 15 is 0 Å². The van der Waals surface area contributed by atoms with Crippen LogP contribution in [0.1, 0.15) is 5.56 Å². The van der Waals surface area contributed by atoms with Crippen molar-refractivity contribution in [3.8, 4) is 0 Å². The van der Waals surface area contributed by atoms with Crippen molar-refractivity contribution >= 4 is 8.41 Å². The maximum atomic E-state index is 8.50. The molecule has 1 aromatic heterocycles. The molecule has 1 aromatic rings.